The van der Waals surface area contributed by atoms with E-state index in [1.807, 2.05) is 24.0 Å². The van der Waals surface area contributed by atoms with Gasteiger partial charge in [-0.25, -0.2) is 4.98 Å². The predicted molar refractivity (Wildman–Crippen MR) is 82.2 cm³/mol. The lowest BCUT2D eigenvalue weighted by Gasteiger charge is -2.31. The smallest absolute Gasteiger partial charge is 0.122 e. The minimum Gasteiger partial charge on any atom is -0.337 e. The van der Waals surface area contributed by atoms with E-state index in [9.17, 15) is 0 Å². The molecule has 0 bridgehead atoms. The molecule has 2 rings (SSSR count). The van der Waals surface area contributed by atoms with Gasteiger partial charge >= 0.3 is 0 Å². The molecule has 2 unspecified atom stereocenters. The van der Waals surface area contributed by atoms with Crippen LogP contribution in [0.1, 0.15) is 29.9 Å². The second-order valence-electron chi connectivity index (χ2n) is 5.58. The summed E-state index contributed by atoms with van der Waals surface area (Å²) in [6, 6.07) is 8.85. The van der Waals surface area contributed by atoms with Gasteiger partial charge in [0, 0.05) is 31.5 Å². The molecule has 0 saturated heterocycles. The molecule has 4 nitrogen and oxygen atoms in total. The Morgan fingerprint density at radius 1 is 1.30 bits per heavy atom. The highest BCUT2D eigenvalue weighted by molar-refractivity contribution is 5.25. The van der Waals surface area contributed by atoms with Crippen LogP contribution < -0.4 is 5.73 Å². The van der Waals surface area contributed by atoms with E-state index >= 15 is 0 Å². The van der Waals surface area contributed by atoms with Crippen LogP contribution in [0.2, 0.25) is 0 Å². The van der Waals surface area contributed by atoms with Crippen LogP contribution in [-0.2, 0) is 13.6 Å². The van der Waals surface area contributed by atoms with Crippen molar-refractivity contribution in [3.05, 3.63) is 53.6 Å². The molecule has 0 aliphatic rings. The van der Waals surface area contributed by atoms with Crippen LogP contribution in [0, 0.1) is 6.92 Å². The van der Waals surface area contributed by atoms with Gasteiger partial charge in [-0.3, -0.25) is 4.90 Å². The average molecular weight is 272 g/mol. The topological polar surface area (TPSA) is 47.1 Å². The van der Waals surface area contributed by atoms with Crippen LogP contribution in [0.5, 0.6) is 0 Å². The fourth-order valence-corrected chi connectivity index (χ4v) is 2.59. The van der Waals surface area contributed by atoms with E-state index in [2.05, 4.69) is 55.0 Å². The molecule has 0 aliphatic carbocycles. The Balaban J connectivity index is 2.20. The Hall–Kier alpha value is -1.65. The number of likely N-dealkylation sites (N-methyl/N-ethyl adjacent to an activating group) is 1. The van der Waals surface area contributed by atoms with Crippen molar-refractivity contribution in [2.45, 2.75) is 32.5 Å². The van der Waals surface area contributed by atoms with Crippen molar-refractivity contribution < 1.29 is 0 Å². The maximum absolute atomic E-state index is 6.21. The average Bonchev–Trinajstić information content (AvgIpc) is 2.77. The van der Waals surface area contributed by atoms with E-state index < -0.39 is 0 Å². The molecule has 0 radical (unpaired) electrons. The van der Waals surface area contributed by atoms with Gasteiger partial charge in [0.1, 0.15) is 5.82 Å². The van der Waals surface area contributed by atoms with Gasteiger partial charge < -0.3 is 10.3 Å². The first-order valence-electron chi connectivity index (χ1n) is 6.97. The van der Waals surface area contributed by atoms with E-state index in [1.165, 1.54) is 11.1 Å². The van der Waals surface area contributed by atoms with Crippen molar-refractivity contribution in [3.8, 4) is 0 Å². The maximum Gasteiger partial charge on any atom is 0.122 e. The maximum atomic E-state index is 6.21. The molecule has 4 heteroatoms. The first-order chi connectivity index (χ1) is 9.49. The van der Waals surface area contributed by atoms with Crippen LogP contribution in [-0.4, -0.2) is 27.5 Å². The number of imidazole rings is 1. The molecule has 1 aromatic carbocycles. The molecule has 2 aromatic rings. The Kier molecular flexibility index (Phi) is 4.57. The van der Waals surface area contributed by atoms with Gasteiger partial charge in [0.2, 0.25) is 0 Å². The Morgan fingerprint density at radius 2 is 1.95 bits per heavy atom. The van der Waals surface area contributed by atoms with Gasteiger partial charge in [0.15, 0.2) is 0 Å². The van der Waals surface area contributed by atoms with Crippen LogP contribution in [0.4, 0.5) is 0 Å². The predicted octanol–water partition coefficient (Wildman–Crippen LogP) is 2.25. The van der Waals surface area contributed by atoms with E-state index in [0.717, 1.165) is 12.4 Å². The van der Waals surface area contributed by atoms with E-state index in [-0.39, 0.29) is 12.1 Å². The molecule has 0 spiro atoms. The van der Waals surface area contributed by atoms with Crippen LogP contribution in [0.3, 0.4) is 0 Å². The summed E-state index contributed by atoms with van der Waals surface area (Å²) in [6.45, 7) is 4.94. The minimum atomic E-state index is 0.0583. The summed E-state index contributed by atoms with van der Waals surface area (Å²) in [4.78, 5) is 6.65. The number of benzene rings is 1. The fraction of sp³-hybridized carbons (Fsp3) is 0.438. The number of hydrogen-bond acceptors (Lipinski definition) is 3. The number of nitrogens with zero attached hydrogens (tertiary/aromatic N) is 3. The molecule has 0 aliphatic heterocycles. The second kappa shape index (κ2) is 6.20. The minimum absolute atomic E-state index is 0.0583. The third-order valence-corrected chi connectivity index (χ3v) is 3.70. The lowest BCUT2D eigenvalue weighted by molar-refractivity contribution is 0.204. The van der Waals surface area contributed by atoms with Crippen molar-refractivity contribution in [1.29, 1.82) is 0 Å². The van der Waals surface area contributed by atoms with Crippen LogP contribution in [0.15, 0.2) is 36.7 Å². The monoisotopic (exact) mass is 272 g/mol. The van der Waals surface area contributed by atoms with Gasteiger partial charge in [0.05, 0.1) is 6.54 Å². The summed E-state index contributed by atoms with van der Waals surface area (Å²) >= 11 is 0. The molecular formula is C16H24N4. The van der Waals surface area contributed by atoms with Gasteiger partial charge in [-0.1, -0.05) is 29.8 Å². The molecule has 0 fully saturated rings. The Morgan fingerprint density at radius 3 is 2.45 bits per heavy atom. The fourth-order valence-electron chi connectivity index (χ4n) is 2.59. The molecular weight excluding hydrogens is 248 g/mol. The first-order valence-corrected chi connectivity index (χ1v) is 6.97. The highest BCUT2D eigenvalue weighted by atomic mass is 15.2. The van der Waals surface area contributed by atoms with Crippen molar-refractivity contribution in [3.63, 3.8) is 0 Å². The molecule has 108 valence electrons. The summed E-state index contributed by atoms with van der Waals surface area (Å²) in [5.41, 5.74) is 8.73. The van der Waals surface area contributed by atoms with Crippen molar-refractivity contribution >= 4 is 0 Å². The molecule has 0 saturated carbocycles. The largest absolute Gasteiger partial charge is 0.337 e. The Bertz CT molecular complexity index is 542. The molecule has 0 amide bonds. The van der Waals surface area contributed by atoms with Crippen LogP contribution in [0.25, 0.3) is 0 Å². The second-order valence-corrected chi connectivity index (χ2v) is 5.58. The summed E-state index contributed by atoms with van der Waals surface area (Å²) < 4.78 is 2.05. The first kappa shape index (κ1) is 14.8. The van der Waals surface area contributed by atoms with Crippen molar-refractivity contribution in [1.82, 2.24) is 14.5 Å². The van der Waals surface area contributed by atoms with Crippen LogP contribution >= 0.6 is 0 Å². The van der Waals surface area contributed by atoms with E-state index in [4.69, 9.17) is 5.73 Å². The van der Waals surface area contributed by atoms with Gasteiger partial charge in [0.25, 0.3) is 0 Å². The molecule has 2 atom stereocenters. The molecule has 1 heterocycles. The van der Waals surface area contributed by atoms with Gasteiger partial charge in [-0.2, -0.15) is 0 Å². The zero-order valence-corrected chi connectivity index (χ0v) is 12.7. The third kappa shape index (κ3) is 3.26. The highest BCUT2D eigenvalue weighted by Crippen LogP contribution is 2.24. The lowest BCUT2D eigenvalue weighted by Crippen LogP contribution is -2.37. The van der Waals surface area contributed by atoms with Crippen molar-refractivity contribution in [2.75, 3.05) is 7.05 Å². The number of aryl methyl sites for hydroxylation is 2. The summed E-state index contributed by atoms with van der Waals surface area (Å²) in [7, 11) is 4.12. The highest BCUT2D eigenvalue weighted by Gasteiger charge is 2.22. The van der Waals surface area contributed by atoms with E-state index in [1.54, 1.807) is 0 Å². The zero-order chi connectivity index (χ0) is 14.7. The third-order valence-electron chi connectivity index (χ3n) is 3.70. The number of hydrogen-bond donors (Lipinski definition) is 1. The number of nitrogens with two attached hydrogens (primary N) is 1. The summed E-state index contributed by atoms with van der Waals surface area (Å²) in [6.07, 6.45) is 3.80. The molecule has 20 heavy (non-hydrogen) atoms. The zero-order valence-electron chi connectivity index (χ0n) is 12.7. The number of rotatable bonds is 5. The standard InChI is InChI=1S/C16H24N4/c1-12-5-7-14(8-6-12)16(13(2)17)20(4)11-15-18-9-10-19(15)3/h5-10,13,16H,11,17H2,1-4H3. The normalized spacial score (nSPS) is 14.5. The summed E-state index contributed by atoms with van der Waals surface area (Å²) in [5.74, 6) is 1.05. The summed E-state index contributed by atoms with van der Waals surface area (Å²) in [5, 5.41) is 0. The molecule has 1 aromatic heterocycles. The Labute approximate surface area is 121 Å². The quantitative estimate of drug-likeness (QED) is 0.908. The van der Waals surface area contributed by atoms with Crippen molar-refractivity contribution in [2.24, 2.45) is 12.8 Å². The molecule has 2 N–H and O–H groups in total. The van der Waals surface area contributed by atoms with Gasteiger partial charge in [-0.15, -0.1) is 0 Å². The van der Waals surface area contributed by atoms with Gasteiger partial charge in [-0.05, 0) is 26.5 Å². The SMILES string of the molecule is Cc1ccc(C(C(C)N)N(C)Cc2nccn2C)cc1. The lowest BCUT2D eigenvalue weighted by atomic mass is 9.98. The van der Waals surface area contributed by atoms with E-state index in [0.29, 0.717) is 0 Å². The number of aromatic nitrogens is 2.